The molecule has 2 aromatic carbocycles. The second kappa shape index (κ2) is 6.29. The third kappa shape index (κ3) is 3.34. The molecule has 0 saturated carbocycles. The molecule has 0 aliphatic carbocycles. The van der Waals surface area contributed by atoms with Crippen molar-refractivity contribution >= 4 is 23.5 Å². The zero-order valence-corrected chi connectivity index (χ0v) is 13.9. The standard InChI is InChI=1S/C20H19NS/c1-14-5-8-17(9-6-14)19-13-22-20(21-19)11-10-18-12-15(2)4-7-16(18)3/h4-13H,1-3H3/b11-10+. The van der Waals surface area contributed by atoms with E-state index in [9.17, 15) is 0 Å². The van der Waals surface area contributed by atoms with Crippen molar-refractivity contribution in [1.29, 1.82) is 0 Å². The molecule has 0 saturated heterocycles. The molecule has 2 heteroatoms. The van der Waals surface area contributed by atoms with Crippen LogP contribution in [0.5, 0.6) is 0 Å². The lowest BCUT2D eigenvalue weighted by molar-refractivity contribution is 1.37. The van der Waals surface area contributed by atoms with Crippen LogP contribution in [-0.2, 0) is 0 Å². The lowest BCUT2D eigenvalue weighted by Crippen LogP contribution is -1.82. The lowest BCUT2D eigenvalue weighted by Gasteiger charge is -2.01. The van der Waals surface area contributed by atoms with Crippen LogP contribution < -0.4 is 0 Å². The van der Waals surface area contributed by atoms with Crippen LogP contribution in [0.3, 0.4) is 0 Å². The van der Waals surface area contributed by atoms with Crippen LogP contribution in [0.25, 0.3) is 23.4 Å². The Morgan fingerprint density at radius 1 is 0.864 bits per heavy atom. The van der Waals surface area contributed by atoms with Gasteiger partial charge in [0.05, 0.1) is 5.69 Å². The number of benzene rings is 2. The molecule has 0 bridgehead atoms. The smallest absolute Gasteiger partial charge is 0.116 e. The van der Waals surface area contributed by atoms with E-state index in [0.717, 1.165) is 10.7 Å². The maximum atomic E-state index is 4.71. The highest BCUT2D eigenvalue weighted by Gasteiger charge is 2.02. The first-order valence-corrected chi connectivity index (χ1v) is 8.28. The summed E-state index contributed by atoms with van der Waals surface area (Å²) in [5.41, 5.74) is 7.32. The number of thiazole rings is 1. The van der Waals surface area contributed by atoms with E-state index in [1.165, 1.54) is 27.8 Å². The van der Waals surface area contributed by atoms with Gasteiger partial charge in [-0.05, 0) is 38.0 Å². The first kappa shape index (κ1) is 14.7. The number of hydrogen-bond donors (Lipinski definition) is 0. The molecule has 22 heavy (non-hydrogen) atoms. The predicted molar refractivity (Wildman–Crippen MR) is 97.1 cm³/mol. The van der Waals surface area contributed by atoms with Gasteiger partial charge in [0.25, 0.3) is 0 Å². The van der Waals surface area contributed by atoms with Crippen LogP contribution in [0.15, 0.2) is 47.8 Å². The molecule has 0 aliphatic heterocycles. The van der Waals surface area contributed by atoms with E-state index in [4.69, 9.17) is 4.98 Å². The van der Waals surface area contributed by atoms with E-state index in [1.807, 2.05) is 0 Å². The van der Waals surface area contributed by atoms with E-state index in [0.29, 0.717) is 0 Å². The molecule has 3 rings (SSSR count). The molecule has 0 N–H and O–H groups in total. The van der Waals surface area contributed by atoms with Crippen LogP contribution in [0.4, 0.5) is 0 Å². The van der Waals surface area contributed by atoms with Gasteiger partial charge >= 0.3 is 0 Å². The molecule has 0 amide bonds. The minimum atomic E-state index is 1.04. The molecule has 1 nitrogen and oxygen atoms in total. The fourth-order valence-electron chi connectivity index (χ4n) is 2.32. The van der Waals surface area contributed by atoms with Crippen LogP contribution >= 0.6 is 11.3 Å². The predicted octanol–water partition coefficient (Wildman–Crippen LogP) is 5.91. The molecule has 0 atom stereocenters. The van der Waals surface area contributed by atoms with Crippen molar-refractivity contribution in [2.45, 2.75) is 20.8 Å². The minimum absolute atomic E-state index is 1.04. The highest BCUT2D eigenvalue weighted by molar-refractivity contribution is 7.10. The molecule has 110 valence electrons. The summed E-state index contributed by atoms with van der Waals surface area (Å²) in [6.07, 6.45) is 4.25. The van der Waals surface area contributed by atoms with Gasteiger partial charge in [-0.15, -0.1) is 11.3 Å². The van der Waals surface area contributed by atoms with Crippen molar-refractivity contribution in [3.05, 3.63) is 75.1 Å². The van der Waals surface area contributed by atoms with E-state index >= 15 is 0 Å². The number of rotatable bonds is 3. The monoisotopic (exact) mass is 305 g/mol. The van der Waals surface area contributed by atoms with Gasteiger partial charge in [0.15, 0.2) is 0 Å². The van der Waals surface area contributed by atoms with E-state index in [2.05, 4.69) is 80.8 Å². The maximum Gasteiger partial charge on any atom is 0.116 e. The topological polar surface area (TPSA) is 12.9 Å². The maximum absolute atomic E-state index is 4.71. The SMILES string of the molecule is Cc1ccc(-c2csc(/C=C/c3cc(C)ccc3C)n2)cc1. The molecule has 1 aromatic heterocycles. The first-order valence-electron chi connectivity index (χ1n) is 7.40. The summed E-state index contributed by atoms with van der Waals surface area (Å²) in [5.74, 6) is 0. The Morgan fingerprint density at radius 2 is 1.59 bits per heavy atom. The van der Waals surface area contributed by atoms with Crippen LogP contribution in [-0.4, -0.2) is 4.98 Å². The van der Waals surface area contributed by atoms with Gasteiger partial charge < -0.3 is 0 Å². The minimum Gasteiger partial charge on any atom is -0.237 e. The summed E-state index contributed by atoms with van der Waals surface area (Å²) in [7, 11) is 0. The van der Waals surface area contributed by atoms with Gasteiger partial charge in [-0.1, -0.05) is 59.7 Å². The summed E-state index contributed by atoms with van der Waals surface area (Å²) in [5, 5.41) is 3.16. The second-order valence-corrected chi connectivity index (χ2v) is 6.52. The Balaban J connectivity index is 1.83. The van der Waals surface area contributed by atoms with Crippen molar-refractivity contribution < 1.29 is 0 Å². The molecule has 0 unspecified atom stereocenters. The number of nitrogens with zero attached hydrogens (tertiary/aromatic N) is 1. The number of aryl methyl sites for hydroxylation is 3. The van der Waals surface area contributed by atoms with Crippen molar-refractivity contribution in [3.8, 4) is 11.3 Å². The summed E-state index contributed by atoms with van der Waals surface area (Å²) < 4.78 is 0. The van der Waals surface area contributed by atoms with Gasteiger partial charge in [-0.2, -0.15) is 0 Å². The zero-order chi connectivity index (χ0) is 15.5. The largest absolute Gasteiger partial charge is 0.237 e. The van der Waals surface area contributed by atoms with E-state index in [-0.39, 0.29) is 0 Å². The van der Waals surface area contributed by atoms with Gasteiger partial charge in [-0.3, -0.25) is 0 Å². The van der Waals surface area contributed by atoms with Crippen molar-refractivity contribution in [2.24, 2.45) is 0 Å². The lowest BCUT2D eigenvalue weighted by atomic mass is 10.1. The number of hydrogen-bond acceptors (Lipinski definition) is 2. The van der Waals surface area contributed by atoms with Crippen molar-refractivity contribution in [3.63, 3.8) is 0 Å². The Labute approximate surface area is 136 Å². The zero-order valence-electron chi connectivity index (χ0n) is 13.1. The highest BCUT2D eigenvalue weighted by atomic mass is 32.1. The average molecular weight is 305 g/mol. The summed E-state index contributed by atoms with van der Waals surface area (Å²) >= 11 is 1.68. The number of aromatic nitrogens is 1. The summed E-state index contributed by atoms with van der Waals surface area (Å²) in [6, 6.07) is 15.0. The molecule has 3 aromatic rings. The third-order valence-electron chi connectivity index (χ3n) is 3.71. The second-order valence-electron chi connectivity index (χ2n) is 5.63. The van der Waals surface area contributed by atoms with E-state index in [1.54, 1.807) is 11.3 Å². The summed E-state index contributed by atoms with van der Waals surface area (Å²) in [6.45, 7) is 6.36. The van der Waals surface area contributed by atoms with Crippen LogP contribution in [0.2, 0.25) is 0 Å². The van der Waals surface area contributed by atoms with Crippen molar-refractivity contribution in [1.82, 2.24) is 4.98 Å². The Morgan fingerprint density at radius 3 is 2.36 bits per heavy atom. The Kier molecular flexibility index (Phi) is 4.21. The van der Waals surface area contributed by atoms with Gasteiger partial charge in [-0.25, -0.2) is 4.98 Å². The third-order valence-corrected chi connectivity index (χ3v) is 4.52. The Hall–Kier alpha value is -2.19. The fraction of sp³-hybridized carbons (Fsp3) is 0.150. The van der Waals surface area contributed by atoms with Crippen LogP contribution in [0.1, 0.15) is 27.3 Å². The van der Waals surface area contributed by atoms with Gasteiger partial charge in [0.1, 0.15) is 5.01 Å². The molecule has 1 heterocycles. The average Bonchev–Trinajstić information content (AvgIpc) is 2.98. The highest BCUT2D eigenvalue weighted by Crippen LogP contribution is 2.24. The van der Waals surface area contributed by atoms with E-state index < -0.39 is 0 Å². The molecule has 0 radical (unpaired) electrons. The Bertz CT molecular complexity index is 810. The van der Waals surface area contributed by atoms with Crippen molar-refractivity contribution in [2.75, 3.05) is 0 Å². The molecular weight excluding hydrogens is 286 g/mol. The quantitative estimate of drug-likeness (QED) is 0.586. The molecular formula is C20H19NS. The fourth-order valence-corrected chi connectivity index (χ4v) is 3.04. The summed E-state index contributed by atoms with van der Waals surface area (Å²) in [4.78, 5) is 4.71. The van der Waals surface area contributed by atoms with Crippen LogP contribution in [0, 0.1) is 20.8 Å². The molecule has 0 aliphatic rings. The first-order chi connectivity index (χ1) is 10.6. The normalized spacial score (nSPS) is 11.2. The molecule has 0 spiro atoms. The van der Waals surface area contributed by atoms with Gasteiger partial charge in [0, 0.05) is 10.9 Å². The molecule has 0 fully saturated rings. The van der Waals surface area contributed by atoms with Gasteiger partial charge in [0.2, 0.25) is 0 Å².